The van der Waals surface area contributed by atoms with Crippen molar-refractivity contribution in [3.05, 3.63) is 53.6 Å². The van der Waals surface area contributed by atoms with E-state index in [2.05, 4.69) is 10.6 Å². The van der Waals surface area contributed by atoms with Crippen molar-refractivity contribution >= 4 is 46.6 Å². The number of hydrogen-bond donors (Lipinski definition) is 2. The summed E-state index contributed by atoms with van der Waals surface area (Å²) in [5, 5.41) is 6.20. The summed E-state index contributed by atoms with van der Waals surface area (Å²) in [6.45, 7) is 0. The number of benzene rings is 2. The molecule has 2 amide bonds. The summed E-state index contributed by atoms with van der Waals surface area (Å²) in [5.41, 5.74) is 1.40. The van der Waals surface area contributed by atoms with Crippen LogP contribution in [0, 0.1) is 5.92 Å². The van der Waals surface area contributed by atoms with Gasteiger partial charge in [0.25, 0.3) is 0 Å². The molecule has 0 heterocycles. The molecule has 2 aromatic rings. The van der Waals surface area contributed by atoms with Gasteiger partial charge in [0.05, 0.1) is 16.5 Å². The Morgan fingerprint density at radius 3 is 2.42 bits per heavy atom. The van der Waals surface area contributed by atoms with Gasteiger partial charge in [0.1, 0.15) is 0 Å². The highest BCUT2D eigenvalue weighted by Crippen LogP contribution is 2.30. The standard InChI is InChI=1S/C18H17ClN2O2S/c19-15-3-1-2-4-16(15)21-17(22)11-24-14-9-7-13(8-10-14)20-18(23)12-5-6-12/h1-4,7-10,12H,5-6,11H2,(H,20,23)(H,21,22). The summed E-state index contributed by atoms with van der Waals surface area (Å²) in [6, 6.07) is 14.6. The van der Waals surface area contributed by atoms with Crippen LogP contribution in [0.15, 0.2) is 53.4 Å². The van der Waals surface area contributed by atoms with Gasteiger partial charge in [0, 0.05) is 16.5 Å². The molecule has 0 aliphatic heterocycles. The van der Waals surface area contributed by atoms with Crippen molar-refractivity contribution in [1.29, 1.82) is 0 Å². The lowest BCUT2D eigenvalue weighted by Crippen LogP contribution is -2.14. The van der Waals surface area contributed by atoms with E-state index < -0.39 is 0 Å². The minimum Gasteiger partial charge on any atom is -0.326 e. The van der Waals surface area contributed by atoms with Crippen molar-refractivity contribution in [2.45, 2.75) is 17.7 Å². The van der Waals surface area contributed by atoms with Gasteiger partial charge in [-0.2, -0.15) is 0 Å². The van der Waals surface area contributed by atoms with Crippen LogP contribution in [-0.4, -0.2) is 17.6 Å². The lowest BCUT2D eigenvalue weighted by atomic mass is 10.3. The maximum absolute atomic E-state index is 12.0. The Hall–Kier alpha value is -1.98. The Kier molecular flexibility index (Phi) is 5.43. The van der Waals surface area contributed by atoms with Gasteiger partial charge in [0.15, 0.2) is 0 Å². The number of rotatable bonds is 6. The molecule has 1 aliphatic carbocycles. The number of carbonyl (C=O) groups is 2. The number of thioether (sulfide) groups is 1. The van der Waals surface area contributed by atoms with Crippen LogP contribution >= 0.6 is 23.4 Å². The highest BCUT2D eigenvalue weighted by Gasteiger charge is 2.29. The first kappa shape index (κ1) is 16.9. The molecule has 1 aliphatic rings. The lowest BCUT2D eigenvalue weighted by molar-refractivity contribution is -0.117. The van der Waals surface area contributed by atoms with Gasteiger partial charge in [-0.25, -0.2) is 0 Å². The van der Waals surface area contributed by atoms with Crippen molar-refractivity contribution in [3.63, 3.8) is 0 Å². The predicted molar refractivity (Wildman–Crippen MR) is 98.6 cm³/mol. The number of amides is 2. The van der Waals surface area contributed by atoms with E-state index in [1.807, 2.05) is 36.4 Å². The molecule has 124 valence electrons. The second-order valence-electron chi connectivity index (χ2n) is 5.60. The van der Waals surface area contributed by atoms with Gasteiger partial charge in [-0.3, -0.25) is 9.59 Å². The molecule has 2 aromatic carbocycles. The average molecular weight is 361 g/mol. The number of hydrogen-bond acceptors (Lipinski definition) is 3. The fourth-order valence-corrected chi connectivity index (χ4v) is 3.00. The molecule has 1 fully saturated rings. The van der Waals surface area contributed by atoms with Gasteiger partial charge in [0.2, 0.25) is 11.8 Å². The van der Waals surface area contributed by atoms with E-state index in [1.165, 1.54) is 11.8 Å². The van der Waals surface area contributed by atoms with E-state index >= 15 is 0 Å². The Morgan fingerprint density at radius 2 is 1.75 bits per heavy atom. The van der Waals surface area contributed by atoms with Crippen molar-refractivity contribution in [3.8, 4) is 0 Å². The third kappa shape index (κ3) is 4.76. The smallest absolute Gasteiger partial charge is 0.234 e. The first-order valence-electron chi connectivity index (χ1n) is 7.70. The molecule has 0 spiro atoms. The summed E-state index contributed by atoms with van der Waals surface area (Å²) in [4.78, 5) is 24.6. The van der Waals surface area contributed by atoms with Crippen LogP contribution in [0.1, 0.15) is 12.8 Å². The molecule has 0 saturated heterocycles. The number of halogens is 1. The van der Waals surface area contributed by atoms with E-state index in [0.29, 0.717) is 16.5 Å². The molecule has 0 unspecified atom stereocenters. The van der Waals surface area contributed by atoms with Gasteiger partial charge >= 0.3 is 0 Å². The van der Waals surface area contributed by atoms with Crippen LogP contribution < -0.4 is 10.6 Å². The van der Waals surface area contributed by atoms with Crippen molar-refractivity contribution in [2.75, 3.05) is 16.4 Å². The molecule has 1 saturated carbocycles. The quantitative estimate of drug-likeness (QED) is 0.750. The third-order valence-corrected chi connectivity index (χ3v) is 4.93. The van der Waals surface area contributed by atoms with Crippen molar-refractivity contribution in [1.82, 2.24) is 0 Å². The summed E-state index contributed by atoms with van der Waals surface area (Å²) >= 11 is 7.45. The summed E-state index contributed by atoms with van der Waals surface area (Å²) in [6.07, 6.45) is 1.97. The topological polar surface area (TPSA) is 58.2 Å². The first-order valence-corrected chi connectivity index (χ1v) is 9.06. The monoisotopic (exact) mass is 360 g/mol. The van der Waals surface area contributed by atoms with Crippen molar-refractivity contribution < 1.29 is 9.59 Å². The predicted octanol–water partition coefficient (Wildman–Crippen LogP) is 4.42. The number of nitrogens with one attached hydrogen (secondary N) is 2. The molecule has 0 aromatic heterocycles. The van der Waals surface area contributed by atoms with Crippen LogP contribution in [0.25, 0.3) is 0 Å². The molecule has 0 bridgehead atoms. The second-order valence-corrected chi connectivity index (χ2v) is 7.06. The highest BCUT2D eigenvalue weighted by atomic mass is 35.5. The maximum Gasteiger partial charge on any atom is 0.234 e. The largest absolute Gasteiger partial charge is 0.326 e. The third-order valence-electron chi connectivity index (χ3n) is 3.59. The molecular weight excluding hydrogens is 344 g/mol. The van der Waals surface area contributed by atoms with Gasteiger partial charge in [-0.15, -0.1) is 11.8 Å². The fourth-order valence-electron chi connectivity index (χ4n) is 2.12. The highest BCUT2D eigenvalue weighted by molar-refractivity contribution is 8.00. The Bertz CT molecular complexity index is 745. The van der Waals surface area contributed by atoms with E-state index in [0.717, 1.165) is 23.4 Å². The summed E-state index contributed by atoms with van der Waals surface area (Å²) in [5.74, 6) is 0.459. The zero-order valence-electron chi connectivity index (χ0n) is 12.9. The number of para-hydroxylation sites is 1. The molecule has 6 heteroatoms. The second kappa shape index (κ2) is 7.73. The lowest BCUT2D eigenvalue weighted by Gasteiger charge is -2.08. The summed E-state index contributed by atoms with van der Waals surface area (Å²) in [7, 11) is 0. The van der Waals surface area contributed by atoms with Crippen molar-refractivity contribution in [2.24, 2.45) is 5.92 Å². The number of anilines is 2. The number of carbonyl (C=O) groups excluding carboxylic acids is 2. The maximum atomic E-state index is 12.0. The van der Waals surface area contributed by atoms with Gasteiger partial charge < -0.3 is 10.6 Å². The van der Waals surface area contributed by atoms with E-state index in [4.69, 9.17) is 11.6 Å². The molecule has 2 N–H and O–H groups in total. The zero-order chi connectivity index (χ0) is 16.9. The van der Waals surface area contributed by atoms with E-state index in [1.54, 1.807) is 12.1 Å². The van der Waals surface area contributed by atoms with Gasteiger partial charge in [-0.05, 0) is 49.2 Å². The van der Waals surface area contributed by atoms with E-state index in [-0.39, 0.29) is 17.7 Å². The normalized spacial score (nSPS) is 13.4. The first-order chi connectivity index (χ1) is 11.6. The average Bonchev–Trinajstić information content (AvgIpc) is 3.41. The van der Waals surface area contributed by atoms with Crippen LogP contribution in [0.2, 0.25) is 5.02 Å². The molecule has 0 radical (unpaired) electrons. The Labute approximate surface area is 150 Å². The molecule has 3 rings (SSSR count). The SMILES string of the molecule is O=C(CSc1ccc(NC(=O)C2CC2)cc1)Nc1ccccc1Cl. The molecule has 4 nitrogen and oxygen atoms in total. The van der Waals surface area contributed by atoms with Crippen LogP contribution in [0.5, 0.6) is 0 Å². The fraction of sp³-hybridized carbons (Fsp3) is 0.222. The Morgan fingerprint density at radius 1 is 1.04 bits per heavy atom. The van der Waals surface area contributed by atoms with E-state index in [9.17, 15) is 9.59 Å². The molecule has 0 atom stereocenters. The Balaban J connectivity index is 1.48. The molecule has 24 heavy (non-hydrogen) atoms. The zero-order valence-corrected chi connectivity index (χ0v) is 14.5. The van der Waals surface area contributed by atoms with Crippen LogP contribution in [0.3, 0.4) is 0 Å². The van der Waals surface area contributed by atoms with Crippen LogP contribution in [0.4, 0.5) is 11.4 Å². The summed E-state index contributed by atoms with van der Waals surface area (Å²) < 4.78 is 0. The minimum absolute atomic E-state index is 0.0921. The molecular formula is C18H17ClN2O2S. The van der Waals surface area contributed by atoms with Gasteiger partial charge in [-0.1, -0.05) is 23.7 Å². The van der Waals surface area contributed by atoms with Crippen LogP contribution in [-0.2, 0) is 9.59 Å². The minimum atomic E-state index is -0.112.